The third kappa shape index (κ3) is 4.41. The molecule has 0 fully saturated rings. The fourth-order valence-electron chi connectivity index (χ4n) is 2.56. The van der Waals surface area contributed by atoms with E-state index in [-0.39, 0.29) is 17.4 Å². The van der Waals surface area contributed by atoms with Crippen LogP contribution in [0.5, 0.6) is 5.75 Å². The maximum absolute atomic E-state index is 13.8. The van der Waals surface area contributed by atoms with E-state index < -0.39 is 0 Å². The van der Waals surface area contributed by atoms with E-state index in [0.29, 0.717) is 13.1 Å². The van der Waals surface area contributed by atoms with Crippen molar-refractivity contribution in [2.45, 2.75) is 13.1 Å². The quantitative estimate of drug-likeness (QED) is 0.635. The summed E-state index contributed by atoms with van der Waals surface area (Å²) in [6.45, 7) is 1.25. The lowest BCUT2D eigenvalue weighted by Crippen LogP contribution is -2.17. The molecule has 0 radical (unpaired) electrons. The zero-order valence-corrected chi connectivity index (χ0v) is 14.8. The Balaban J connectivity index is 1.64. The Labute approximate surface area is 149 Å². The molecule has 0 N–H and O–H groups in total. The van der Waals surface area contributed by atoms with Crippen LogP contribution in [-0.4, -0.2) is 24.0 Å². The van der Waals surface area contributed by atoms with E-state index in [0.717, 1.165) is 21.8 Å². The molecule has 1 heterocycles. The molecule has 25 heavy (non-hydrogen) atoms. The number of ether oxygens (including phenoxy) is 1. The number of hydrogen-bond acceptors (Lipinski definition) is 4. The van der Waals surface area contributed by atoms with Crippen LogP contribution in [0.3, 0.4) is 0 Å². The summed E-state index contributed by atoms with van der Waals surface area (Å²) in [4.78, 5) is 6.66. The van der Waals surface area contributed by atoms with Gasteiger partial charge < -0.3 is 4.74 Å². The molecule has 3 rings (SSSR count). The first-order chi connectivity index (χ1) is 12.0. The van der Waals surface area contributed by atoms with Crippen molar-refractivity contribution in [1.29, 1.82) is 0 Å². The second-order valence-corrected chi connectivity index (χ2v) is 6.65. The fourth-order valence-corrected chi connectivity index (χ4v) is 3.37. The predicted octanol–water partition coefficient (Wildman–Crippen LogP) is 4.73. The molecule has 0 unspecified atom stereocenters. The Bertz CT molecular complexity index is 849. The summed E-state index contributed by atoms with van der Waals surface area (Å²) in [5.41, 5.74) is 2.70. The van der Waals surface area contributed by atoms with Gasteiger partial charge in [-0.2, -0.15) is 0 Å². The summed E-state index contributed by atoms with van der Waals surface area (Å²) in [6.07, 6.45) is 0. The topological polar surface area (TPSA) is 25.4 Å². The van der Waals surface area contributed by atoms with E-state index >= 15 is 0 Å². The first-order valence-electron chi connectivity index (χ1n) is 7.76. The van der Waals surface area contributed by atoms with Gasteiger partial charge in [0.15, 0.2) is 11.6 Å². The summed E-state index contributed by atoms with van der Waals surface area (Å²) in [5, 5.41) is 2.85. The molecule has 2 aromatic carbocycles. The highest BCUT2D eigenvalue weighted by atomic mass is 32.1. The van der Waals surface area contributed by atoms with Crippen LogP contribution in [-0.2, 0) is 13.1 Å². The second-order valence-electron chi connectivity index (χ2n) is 5.79. The van der Waals surface area contributed by atoms with E-state index in [1.807, 2.05) is 18.5 Å². The highest BCUT2D eigenvalue weighted by Crippen LogP contribution is 2.25. The Kier molecular flexibility index (Phi) is 5.40. The second kappa shape index (κ2) is 7.72. The molecule has 0 spiro atoms. The molecule has 1 aromatic heterocycles. The van der Waals surface area contributed by atoms with Gasteiger partial charge in [0.2, 0.25) is 0 Å². The molecule has 0 aliphatic carbocycles. The fraction of sp³-hybridized carbons (Fsp3) is 0.211. The number of halogens is 2. The minimum atomic E-state index is -0.361. The maximum atomic E-state index is 13.8. The average molecular weight is 360 g/mol. The van der Waals surface area contributed by atoms with E-state index in [4.69, 9.17) is 4.74 Å². The highest BCUT2D eigenvalue weighted by Gasteiger charge is 2.09. The van der Waals surface area contributed by atoms with Crippen LogP contribution in [0.2, 0.25) is 0 Å². The summed E-state index contributed by atoms with van der Waals surface area (Å²) < 4.78 is 31.7. The predicted molar refractivity (Wildman–Crippen MR) is 95.6 cm³/mol. The van der Waals surface area contributed by atoms with Gasteiger partial charge in [-0.05, 0) is 49.0 Å². The molecule has 3 aromatic rings. The zero-order chi connectivity index (χ0) is 17.8. The number of nitrogens with zero attached hydrogens (tertiary/aromatic N) is 2. The van der Waals surface area contributed by atoms with E-state index in [1.165, 1.54) is 36.6 Å². The third-order valence-corrected chi connectivity index (χ3v) is 4.68. The molecule has 130 valence electrons. The molecule has 0 saturated heterocycles. The van der Waals surface area contributed by atoms with Crippen LogP contribution in [0.1, 0.15) is 11.3 Å². The number of benzene rings is 2. The molecule has 0 atom stereocenters. The van der Waals surface area contributed by atoms with E-state index in [1.54, 1.807) is 18.2 Å². The lowest BCUT2D eigenvalue weighted by Gasteiger charge is -2.15. The van der Waals surface area contributed by atoms with Crippen molar-refractivity contribution in [2.75, 3.05) is 14.2 Å². The Morgan fingerprint density at radius 2 is 1.84 bits per heavy atom. The standard InChI is InChI=1S/C19H18F2N2OS/c1-23(10-13-3-8-18(24-2)17(21)9-13)11-16-12-25-19(22-16)14-4-6-15(20)7-5-14/h3-9,12H,10-11H2,1-2H3. The Morgan fingerprint density at radius 1 is 1.08 bits per heavy atom. The average Bonchev–Trinajstić information content (AvgIpc) is 3.04. The van der Waals surface area contributed by atoms with Gasteiger partial charge in [0, 0.05) is 24.0 Å². The van der Waals surface area contributed by atoms with Gasteiger partial charge in [0.1, 0.15) is 10.8 Å². The van der Waals surface area contributed by atoms with Gasteiger partial charge in [0.25, 0.3) is 0 Å². The number of methoxy groups -OCH3 is 1. The van der Waals surface area contributed by atoms with Crippen LogP contribution < -0.4 is 4.74 Å². The number of thiazole rings is 1. The summed E-state index contributed by atoms with van der Waals surface area (Å²) >= 11 is 1.53. The molecule has 3 nitrogen and oxygen atoms in total. The first kappa shape index (κ1) is 17.5. The Hall–Kier alpha value is -2.31. The molecule has 0 bridgehead atoms. The highest BCUT2D eigenvalue weighted by molar-refractivity contribution is 7.13. The minimum absolute atomic E-state index is 0.245. The summed E-state index contributed by atoms with van der Waals surface area (Å²) in [6, 6.07) is 11.3. The lowest BCUT2D eigenvalue weighted by molar-refractivity contribution is 0.314. The zero-order valence-electron chi connectivity index (χ0n) is 14.0. The number of aromatic nitrogens is 1. The van der Waals surface area contributed by atoms with Crippen LogP contribution in [0, 0.1) is 11.6 Å². The van der Waals surface area contributed by atoms with Crippen molar-refractivity contribution in [1.82, 2.24) is 9.88 Å². The van der Waals surface area contributed by atoms with Crippen molar-refractivity contribution in [3.63, 3.8) is 0 Å². The molecule has 0 amide bonds. The van der Waals surface area contributed by atoms with Gasteiger partial charge in [-0.3, -0.25) is 4.90 Å². The summed E-state index contributed by atoms with van der Waals surface area (Å²) in [5.74, 6) is -0.373. The van der Waals surface area contributed by atoms with Crippen LogP contribution in [0.25, 0.3) is 10.6 Å². The largest absolute Gasteiger partial charge is 0.494 e. The molecular weight excluding hydrogens is 342 g/mol. The van der Waals surface area contributed by atoms with Gasteiger partial charge in [-0.1, -0.05) is 6.07 Å². The molecule has 6 heteroatoms. The van der Waals surface area contributed by atoms with Gasteiger partial charge in [-0.25, -0.2) is 13.8 Å². The van der Waals surface area contributed by atoms with E-state index in [2.05, 4.69) is 9.88 Å². The maximum Gasteiger partial charge on any atom is 0.165 e. The minimum Gasteiger partial charge on any atom is -0.494 e. The monoisotopic (exact) mass is 360 g/mol. The SMILES string of the molecule is COc1ccc(CN(C)Cc2csc(-c3ccc(F)cc3)n2)cc1F. The third-order valence-electron chi connectivity index (χ3n) is 3.74. The normalized spacial score (nSPS) is 11.1. The van der Waals surface area contributed by atoms with Gasteiger partial charge >= 0.3 is 0 Å². The van der Waals surface area contributed by atoms with Crippen molar-refractivity contribution in [2.24, 2.45) is 0 Å². The molecule has 0 aliphatic heterocycles. The van der Waals surface area contributed by atoms with Crippen LogP contribution in [0.4, 0.5) is 8.78 Å². The number of hydrogen-bond donors (Lipinski definition) is 0. The molecular formula is C19H18F2N2OS. The van der Waals surface area contributed by atoms with Gasteiger partial charge in [0.05, 0.1) is 12.8 Å². The van der Waals surface area contributed by atoms with Crippen molar-refractivity contribution >= 4 is 11.3 Å². The van der Waals surface area contributed by atoms with Crippen LogP contribution in [0.15, 0.2) is 47.8 Å². The van der Waals surface area contributed by atoms with Crippen molar-refractivity contribution < 1.29 is 13.5 Å². The molecule has 0 saturated carbocycles. The number of rotatable bonds is 6. The van der Waals surface area contributed by atoms with Crippen molar-refractivity contribution in [3.05, 3.63) is 70.7 Å². The summed E-state index contributed by atoms with van der Waals surface area (Å²) in [7, 11) is 3.41. The van der Waals surface area contributed by atoms with Crippen LogP contribution >= 0.6 is 11.3 Å². The van der Waals surface area contributed by atoms with E-state index in [9.17, 15) is 8.78 Å². The van der Waals surface area contributed by atoms with Gasteiger partial charge in [-0.15, -0.1) is 11.3 Å². The lowest BCUT2D eigenvalue weighted by atomic mass is 10.2. The Morgan fingerprint density at radius 3 is 2.52 bits per heavy atom. The van der Waals surface area contributed by atoms with Crippen molar-refractivity contribution in [3.8, 4) is 16.3 Å². The molecule has 0 aliphatic rings. The first-order valence-corrected chi connectivity index (χ1v) is 8.64. The smallest absolute Gasteiger partial charge is 0.165 e.